The number of methoxy groups -OCH3 is 1. The number of hydrogen-bond donors (Lipinski definition) is 0. The van der Waals surface area contributed by atoms with Crippen LogP contribution in [-0.2, 0) is 27.5 Å². The van der Waals surface area contributed by atoms with Gasteiger partial charge in [-0.1, -0.05) is 19.9 Å². The SMILES string of the molecule is COc1cc(CC/C(C)=C(/N=C(C)S(=O)(=O)C2CC2)C(=O)N(C)C(C)(C)C)c(C)cc1CC(C)C. The zero-order valence-electron chi connectivity index (χ0n) is 23.3. The first-order chi connectivity index (χ1) is 16.1. The average Bonchev–Trinajstić information content (AvgIpc) is 3.60. The molecule has 0 bridgehead atoms. The second kappa shape index (κ2) is 11.3. The van der Waals surface area contributed by atoms with Gasteiger partial charge in [-0.05, 0) is 108 Å². The highest BCUT2D eigenvalue weighted by atomic mass is 32.2. The molecule has 0 aromatic heterocycles. The Morgan fingerprint density at radius 3 is 2.26 bits per heavy atom. The van der Waals surface area contributed by atoms with Crippen LogP contribution in [0.3, 0.4) is 0 Å². The van der Waals surface area contributed by atoms with Gasteiger partial charge in [-0.2, -0.15) is 0 Å². The van der Waals surface area contributed by atoms with Crippen LogP contribution >= 0.6 is 0 Å². The van der Waals surface area contributed by atoms with E-state index in [1.807, 2.05) is 27.7 Å². The molecule has 0 radical (unpaired) electrons. The number of rotatable bonds is 9. The normalized spacial score (nSPS) is 15.8. The number of carbonyl (C=O) groups excluding carboxylic acids is 1. The first-order valence-corrected chi connectivity index (χ1v) is 14.1. The molecular weight excluding hydrogens is 460 g/mol. The van der Waals surface area contributed by atoms with Gasteiger partial charge in [0.15, 0.2) is 9.84 Å². The van der Waals surface area contributed by atoms with Crippen molar-refractivity contribution in [2.75, 3.05) is 14.2 Å². The molecule has 1 amide bonds. The Kier molecular flexibility index (Phi) is 9.37. The summed E-state index contributed by atoms with van der Waals surface area (Å²) in [7, 11) is -0.0289. The van der Waals surface area contributed by atoms with Crippen LogP contribution in [0.1, 0.15) is 84.4 Å². The lowest BCUT2D eigenvalue weighted by molar-refractivity contribution is -0.130. The lowest BCUT2D eigenvalue weighted by Gasteiger charge is -2.32. The summed E-state index contributed by atoms with van der Waals surface area (Å²) < 4.78 is 31.2. The fraction of sp³-hybridized carbons (Fsp3) is 0.643. The van der Waals surface area contributed by atoms with Crippen molar-refractivity contribution in [1.29, 1.82) is 0 Å². The van der Waals surface area contributed by atoms with Gasteiger partial charge < -0.3 is 9.64 Å². The van der Waals surface area contributed by atoms with Crippen molar-refractivity contribution in [3.8, 4) is 5.75 Å². The number of benzene rings is 1. The van der Waals surface area contributed by atoms with Crippen LogP contribution in [0, 0.1) is 12.8 Å². The van der Waals surface area contributed by atoms with Gasteiger partial charge in [0.2, 0.25) is 0 Å². The van der Waals surface area contributed by atoms with E-state index in [0.717, 1.165) is 23.3 Å². The molecular formula is C28H44N2O4S. The molecule has 2 rings (SSSR count). The highest BCUT2D eigenvalue weighted by Gasteiger charge is 2.38. The molecule has 0 saturated heterocycles. The van der Waals surface area contributed by atoms with E-state index < -0.39 is 15.4 Å². The average molecular weight is 505 g/mol. The zero-order valence-corrected chi connectivity index (χ0v) is 24.1. The van der Waals surface area contributed by atoms with Crippen molar-refractivity contribution in [1.82, 2.24) is 4.90 Å². The Bertz CT molecular complexity index is 1100. The summed E-state index contributed by atoms with van der Waals surface area (Å²) in [5.41, 5.74) is 4.12. The maximum Gasteiger partial charge on any atom is 0.272 e. The minimum atomic E-state index is -3.46. The predicted octanol–water partition coefficient (Wildman–Crippen LogP) is 5.66. The Hall–Kier alpha value is -2.15. The fourth-order valence-electron chi connectivity index (χ4n) is 3.92. The molecule has 0 aliphatic heterocycles. The highest BCUT2D eigenvalue weighted by Crippen LogP contribution is 2.31. The predicted molar refractivity (Wildman–Crippen MR) is 145 cm³/mol. The molecule has 1 saturated carbocycles. The third-order valence-corrected chi connectivity index (χ3v) is 8.96. The van der Waals surface area contributed by atoms with Crippen LogP contribution in [0.15, 0.2) is 28.4 Å². The van der Waals surface area contributed by atoms with Gasteiger partial charge in [0.1, 0.15) is 16.5 Å². The number of aryl methyl sites for hydroxylation is 2. The molecule has 0 N–H and O–H groups in total. The number of hydrogen-bond acceptors (Lipinski definition) is 5. The second-order valence-corrected chi connectivity index (χ2v) is 13.6. The van der Waals surface area contributed by atoms with Crippen molar-refractivity contribution >= 4 is 20.8 Å². The van der Waals surface area contributed by atoms with E-state index in [0.29, 0.717) is 31.6 Å². The Morgan fingerprint density at radius 2 is 1.77 bits per heavy atom. The Balaban J connectivity index is 2.43. The lowest BCUT2D eigenvalue weighted by atomic mass is 9.94. The lowest BCUT2D eigenvalue weighted by Crippen LogP contribution is -2.43. The van der Waals surface area contributed by atoms with E-state index in [4.69, 9.17) is 4.74 Å². The van der Waals surface area contributed by atoms with Crippen LogP contribution in [0.25, 0.3) is 0 Å². The van der Waals surface area contributed by atoms with Gasteiger partial charge >= 0.3 is 0 Å². The first kappa shape index (κ1) is 29.1. The van der Waals surface area contributed by atoms with Crippen molar-refractivity contribution in [2.24, 2.45) is 10.9 Å². The summed E-state index contributed by atoms with van der Waals surface area (Å²) >= 11 is 0. The van der Waals surface area contributed by atoms with Crippen LogP contribution in [0.4, 0.5) is 0 Å². The zero-order chi connectivity index (χ0) is 26.7. The van der Waals surface area contributed by atoms with E-state index in [1.165, 1.54) is 18.1 Å². The van der Waals surface area contributed by atoms with Gasteiger partial charge in [0.05, 0.1) is 12.4 Å². The van der Waals surface area contributed by atoms with Crippen LogP contribution in [0.2, 0.25) is 0 Å². The molecule has 35 heavy (non-hydrogen) atoms. The maximum absolute atomic E-state index is 13.5. The molecule has 196 valence electrons. The number of allylic oxidation sites excluding steroid dienone is 1. The molecule has 1 aromatic carbocycles. The first-order valence-electron chi connectivity index (χ1n) is 12.5. The van der Waals surface area contributed by atoms with Crippen LogP contribution in [-0.4, -0.2) is 49.2 Å². The number of sulfone groups is 1. The third-order valence-electron chi connectivity index (χ3n) is 6.70. The van der Waals surface area contributed by atoms with E-state index in [-0.39, 0.29) is 21.9 Å². The van der Waals surface area contributed by atoms with Gasteiger partial charge in [-0.25, -0.2) is 13.4 Å². The summed E-state index contributed by atoms with van der Waals surface area (Å²) in [5.74, 6) is 1.15. The van der Waals surface area contributed by atoms with Crippen molar-refractivity contribution < 1.29 is 17.9 Å². The summed E-state index contributed by atoms with van der Waals surface area (Å²) in [6.45, 7) is 15.7. The Morgan fingerprint density at radius 1 is 1.17 bits per heavy atom. The van der Waals surface area contributed by atoms with E-state index in [2.05, 4.69) is 37.9 Å². The Labute approximate surface area is 212 Å². The summed E-state index contributed by atoms with van der Waals surface area (Å²) in [6, 6.07) is 4.28. The standard InChI is InChI=1S/C28H44N2O4S/c1-18(2)15-23-16-20(4)22(17-25(23)34-10)12-11-19(3)26(27(31)30(9)28(6,7)8)29-21(5)35(32,33)24-13-14-24/h16-18,24H,11-15H2,1-10H3/b26-19+,29-21?. The van der Waals surface area contributed by atoms with Gasteiger partial charge in [0, 0.05) is 12.6 Å². The van der Waals surface area contributed by atoms with E-state index in [9.17, 15) is 13.2 Å². The van der Waals surface area contributed by atoms with Crippen molar-refractivity contribution in [3.63, 3.8) is 0 Å². The maximum atomic E-state index is 13.5. The van der Waals surface area contributed by atoms with Gasteiger partial charge in [0.25, 0.3) is 5.91 Å². The van der Waals surface area contributed by atoms with Crippen LogP contribution in [0.5, 0.6) is 5.75 Å². The number of amides is 1. The molecule has 1 aromatic rings. The van der Waals surface area contributed by atoms with Gasteiger partial charge in [-0.3, -0.25) is 4.79 Å². The quantitative estimate of drug-likeness (QED) is 0.247. The summed E-state index contributed by atoms with van der Waals surface area (Å²) in [5, 5.41) is -0.330. The molecule has 0 spiro atoms. The molecule has 1 fully saturated rings. The molecule has 0 heterocycles. The number of ether oxygens (including phenoxy) is 1. The number of likely N-dealkylation sites (N-methyl/N-ethyl adjacent to an activating group) is 1. The van der Waals surface area contributed by atoms with Crippen molar-refractivity contribution in [2.45, 2.75) is 98.3 Å². The molecule has 7 heteroatoms. The monoisotopic (exact) mass is 504 g/mol. The number of nitrogens with zero attached hydrogens (tertiary/aromatic N) is 2. The van der Waals surface area contributed by atoms with Crippen LogP contribution < -0.4 is 4.74 Å². The van der Waals surface area contributed by atoms with Crippen molar-refractivity contribution in [3.05, 3.63) is 40.1 Å². The number of carbonyl (C=O) groups is 1. The van der Waals surface area contributed by atoms with E-state index in [1.54, 1.807) is 19.1 Å². The minimum absolute atomic E-state index is 0.0286. The van der Waals surface area contributed by atoms with Gasteiger partial charge in [-0.15, -0.1) is 0 Å². The molecule has 6 nitrogen and oxygen atoms in total. The summed E-state index contributed by atoms with van der Waals surface area (Å²) in [4.78, 5) is 19.5. The molecule has 1 aliphatic carbocycles. The molecule has 0 unspecified atom stereocenters. The summed E-state index contributed by atoms with van der Waals surface area (Å²) in [6.07, 6.45) is 3.57. The topological polar surface area (TPSA) is 76.0 Å². The third kappa shape index (κ3) is 7.42. The highest BCUT2D eigenvalue weighted by molar-refractivity contribution is 8.07. The fourth-order valence-corrected chi connectivity index (χ4v) is 5.38. The van der Waals surface area contributed by atoms with E-state index >= 15 is 0 Å². The molecule has 1 aliphatic rings. The molecule has 0 atom stereocenters. The smallest absolute Gasteiger partial charge is 0.272 e. The minimum Gasteiger partial charge on any atom is -0.496 e. The largest absolute Gasteiger partial charge is 0.496 e. The number of aliphatic imine (C=N–C) groups is 1. The second-order valence-electron chi connectivity index (χ2n) is 11.2.